The molecule has 0 spiro atoms. The molecule has 1 aliphatic rings. The second-order valence-electron chi connectivity index (χ2n) is 4.10. The minimum atomic E-state index is 0. The van der Waals surface area contributed by atoms with Gasteiger partial charge in [-0.2, -0.15) is 0 Å². The lowest BCUT2D eigenvalue weighted by Crippen LogP contribution is -2.48. The Hall–Kier alpha value is -0.770. The van der Waals surface area contributed by atoms with Gasteiger partial charge >= 0.3 is 0 Å². The molecule has 0 bridgehead atoms. The summed E-state index contributed by atoms with van der Waals surface area (Å²) in [5.74, 6) is 0.634. The Morgan fingerprint density at radius 2 is 2.12 bits per heavy atom. The topological polar surface area (TPSA) is 41.1 Å². The van der Waals surface area contributed by atoms with Gasteiger partial charge in [-0.15, -0.1) is 12.4 Å². The monoisotopic (exact) mass is 274 g/mol. The number of carbonyl (C=O) groups is 1. The summed E-state index contributed by atoms with van der Waals surface area (Å²) >= 11 is 5.98. The van der Waals surface area contributed by atoms with Gasteiger partial charge in [0, 0.05) is 30.6 Å². The summed E-state index contributed by atoms with van der Waals surface area (Å²) in [6.07, 6.45) is 0.361. The lowest BCUT2D eigenvalue weighted by Gasteiger charge is -2.27. The number of nitrogens with one attached hydrogen (secondary N) is 2. The van der Waals surface area contributed by atoms with E-state index in [2.05, 4.69) is 10.6 Å². The summed E-state index contributed by atoms with van der Waals surface area (Å²) in [6.45, 7) is 2.77. The van der Waals surface area contributed by atoms with Crippen molar-refractivity contribution in [2.24, 2.45) is 5.92 Å². The Bertz CT molecular complexity index is 381. The van der Waals surface area contributed by atoms with Gasteiger partial charge in [-0.25, -0.2) is 0 Å². The van der Waals surface area contributed by atoms with Gasteiger partial charge in [0.25, 0.3) is 0 Å². The van der Waals surface area contributed by atoms with Gasteiger partial charge in [-0.1, -0.05) is 29.8 Å². The van der Waals surface area contributed by atoms with Crippen LogP contribution in [-0.2, 0) is 11.2 Å². The molecule has 0 radical (unpaired) electrons. The number of benzene rings is 1. The number of halogens is 2. The van der Waals surface area contributed by atoms with Crippen LogP contribution in [0.3, 0.4) is 0 Å². The molecule has 5 heteroatoms. The largest absolute Gasteiger partial charge is 0.355 e. The second kappa shape index (κ2) is 6.84. The summed E-state index contributed by atoms with van der Waals surface area (Å²) in [5, 5.41) is 6.75. The molecule has 0 unspecified atom stereocenters. The Morgan fingerprint density at radius 1 is 1.41 bits per heavy atom. The zero-order valence-corrected chi connectivity index (χ0v) is 11.0. The normalized spacial score (nSPS) is 14.6. The molecule has 17 heavy (non-hydrogen) atoms. The first-order valence-electron chi connectivity index (χ1n) is 5.46. The van der Waals surface area contributed by atoms with Crippen LogP contribution in [-0.4, -0.2) is 25.5 Å². The predicted octanol–water partition coefficient (Wildman–Crippen LogP) is 1.64. The third-order valence-electron chi connectivity index (χ3n) is 2.76. The van der Waals surface area contributed by atoms with Crippen LogP contribution in [0.15, 0.2) is 24.3 Å². The Morgan fingerprint density at radius 3 is 2.71 bits per heavy atom. The molecule has 1 fully saturated rings. The zero-order valence-electron chi connectivity index (χ0n) is 9.41. The van der Waals surface area contributed by atoms with Gasteiger partial charge < -0.3 is 10.6 Å². The zero-order chi connectivity index (χ0) is 11.4. The number of rotatable bonds is 4. The minimum Gasteiger partial charge on any atom is -0.355 e. The standard InChI is InChI=1S/C12H15ClN2O.ClH/c13-11-4-2-1-3-10(11)5-12(16)15-8-9-6-14-7-9;/h1-4,9,14H,5-8H2,(H,15,16);1H. The quantitative estimate of drug-likeness (QED) is 0.877. The molecule has 0 atom stereocenters. The summed E-state index contributed by atoms with van der Waals surface area (Å²) in [5.41, 5.74) is 0.883. The van der Waals surface area contributed by atoms with Crippen LogP contribution in [0.4, 0.5) is 0 Å². The summed E-state index contributed by atoms with van der Waals surface area (Å²) < 4.78 is 0. The van der Waals surface area contributed by atoms with Crippen LogP contribution in [0.2, 0.25) is 5.02 Å². The number of hydrogen-bond acceptors (Lipinski definition) is 2. The van der Waals surface area contributed by atoms with E-state index >= 15 is 0 Å². The van der Waals surface area contributed by atoms with Crippen LogP contribution >= 0.6 is 24.0 Å². The van der Waals surface area contributed by atoms with E-state index in [1.54, 1.807) is 6.07 Å². The minimum absolute atomic E-state index is 0. The number of carbonyl (C=O) groups excluding carboxylic acids is 1. The molecule has 3 nitrogen and oxygen atoms in total. The molecular weight excluding hydrogens is 259 g/mol. The first kappa shape index (κ1) is 14.3. The van der Waals surface area contributed by atoms with Crippen molar-refractivity contribution in [3.8, 4) is 0 Å². The number of hydrogen-bond donors (Lipinski definition) is 2. The highest BCUT2D eigenvalue weighted by Crippen LogP contribution is 2.15. The smallest absolute Gasteiger partial charge is 0.224 e. The van der Waals surface area contributed by atoms with Crippen molar-refractivity contribution in [1.82, 2.24) is 10.6 Å². The average molecular weight is 275 g/mol. The maximum atomic E-state index is 11.6. The maximum absolute atomic E-state index is 11.6. The van der Waals surface area contributed by atoms with Gasteiger partial charge in [0.15, 0.2) is 0 Å². The molecule has 1 aromatic carbocycles. The molecule has 0 aromatic heterocycles. The first-order chi connectivity index (χ1) is 7.75. The average Bonchev–Trinajstić information content (AvgIpc) is 2.19. The summed E-state index contributed by atoms with van der Waals surface area (Å²) in [6, 6.07) is 7.45. The molecule has 2 rings (SSSR count). The summed E-state index contributed by atoms with van der Waals surface area (Å²) in [4.78, 5) is 11.6. The Labute approximate surface area is 112 Å². The summed E-state index contributed by atoms with van der Waals surface area (Å²) in [7, 11) is 0. The fraction of sp³-hybridized carbons (Fsp3) is 0.417. The van der Waals surface area contributed by atoms with Gasteiger partial charge in [0.05, 0.1) is 6.42 Å². The van der Waals surface area contributed by atoms with Crippen molar-refractivity contribution in [2.45, 2.75) is 6.42 Å². The number of amides is 1. The lowest BCUT2D eigenvalue weighted by atomic mass is 10.0. The van der Waals surface area contributed by atoms with Gasteiger partial charge in [0.1, 0.15) is 0 Å². The van der Waals surface area contributed by atoms with Crippen molar-refractivity contribution in [3.63, 3.8) is 0 Å². The predicted molar refractivity (Wildman–Crippen MR) is 71.8 cm³/mol. The Kier molecular flexibility index (Phi) is 5.75. The molecular formula is C12H16Cl2N2O. The fourth-order valence-corrected chi connectivity index (χ4v) is 1.83. The van der Waals surface area contributed by atoms with Gasteiger partial charge in [0.2, 0.25) is 5.91 Å². The molecule has 1 heterocycles. The molecule has 94 valence electrons. The van der Waals surface area contributed by atoms with Crippen molar-refractivity contribution < 1.29 is 4.79 Å². The van der Waals surface area contributed by atoms with Crippen LogP contribution in [0.5, 0.6) is 0 Å². The van der Waals surface area contributed by atoms with Crippen LogP contribution in [0.1, 0.15) is 5.56 Å². The van der Waals surface area contributed by atoms with Crippen LogP contribution in [0.25, 0.3) is 0 Å². The van der Waals surface area contributed by atoms with E-state index in [-0.39, 0.29) is 18.3 Å². The third-order valence-corrected chi connectivity index (χ3v) is 3.13. The van der Waals surface area contributed by atoms with Gasteiger partial charge in [-0.3, -0.25) is 4.79 Å². The molecule has 1 aliphatic heterocycles. The van der Waals surface area contributed by atoms with E-state index in [1.165, 1.54) is 0 Å². The highest BCUT2D eigenvalue weighted by Gasteiger charge is 2.17. The van der Waals surface area contributed by atoms with E-state index in [0.29, 0.717) is 17.4 Å². The molecule has 2 N–H and O–H groups in total. The molecule has 1 aromatic rings. The van der Waals surface area contributed by atoms with Crippen molar-refractivity contribution in [3.05, 3.63) is 34.9 Å². The van der Waals surface area contributed by atoms with Crippen molar-refractivity contribution in [2.75, 3.05) is 19.6 Å². The molecule has 1 saturated heterocycles. The van der Waals surface area contributed by atoms with Gasteiger partial charge in [-0.05, 0) is 11.6 Å². The van der Waals surface area contributed by atoms with E-state index in [4.69, 9.17) is 11.6 Å². The van der Waals surface area contributed by atoms with Crippen LogP contribution < -0.4 is 10.6 Å². The van der Waals surface area contributed by atoms with E-state index in [0.717, 1.165) is 25.2 Å². The molecule has 0 saturated carbocycles. The molecule has 0 aliphatic carbocycles. The highest BCUT2D eigenvalue weighted by atomic mass is 35.5. The van der Waals surface area contributed by atoms with E-state index in [1.807, 2.05) is 18.2 Å². The second-order valence-corrected chi connectivity index (χ2v) is 4.50. The maximum Gasteiger partial charge on any atom is 0.224 e. The van der Waals surface area contributed by atoms with Crippen LogP contribution in [0, 0.1) is 5.92 Å². The van der Waals surface area contributed by atoms with E-state index < -0.39 is 0 Å². The van der Waals surface area contributed by atoms with Crippen molar-refractivity contribution in [1.29, 1.82) is 0 Å². The highest BCUT2D eigenvalue weighted by molar-refractivity contribution is 6.31. The first-order valence-corrected chi connectivity index (χ1v) is 5.84. The van der Waals surface area contributed by atoms with E-state index in [9.17, 15) is 4.79 Å². The Balaban J connectivity index is 0.00000144. The fourth-order valence-electron chi connectivity index (χ4n) is 1.63. The molecule has 1 amide bonds. The van der Waals surface area contributed by atoms with Crippen molar-refractivity contribution >= 4 is 29.9 Å². The SMILES string of the molecule is Cl.O=C(Cc1ccccc1Cl)NCC1CNC1. The third kappa shape index (κ3) is 4.19. The lowest BCUT2D eigenvalue weighted by molar-refractivity contribution is -0.120.